The SMILES string of the molecule is Nc1cc2ccnc(N)c2cc1CN1CC[C@H](N)C1=O.O=C(O)C(F)(F)F. The number of carboxylic acid groups (broad SMARTS) is 1. The van der Waals surface area contributed by atoms with E-state index in [1.165, 1.54) is 0 Å². The van der Waals surface area contributed by atoms with Crippen LogP contribution in [0.25, 0.3) is 10.8 Å². The fourth-order valence-corrected chi connectivity index (χ4v) is 2.57. The maximum absolute atomic E-state index is 11.9. The van der Waals surface area contributed by atoms with Gasteiger partial charge in [-0.15, -0.1) is 0 Å². The third kappa shape index (κ3) is 4.76. The highest BCUT2D eigenvalue weighted by Gasteiger charge is 2.38. The molecular formula is C16H18F3N5O3. The molecular weight excluding hydrogens is 367 g/mol. The molecule has 0 bridgehead atoms. The molecule has 1 aromatic carbocycles. The Bertz CT molecular complexity index is 872. The number of carbonyl (C=O) groups is 2. The van der Waals surface area contributed by atoms with Crippen LogP contribution >= 0.6 is 0 Å². The molecule has 1 aromatic heterocycles. The van der Waals surface area contributed by atoms with Gasteiger partial charge in [0.1, 0.15) is 5.82 Å². The fourth-order valence-electron chi connectivity index (χ4n) is 2.57. The highest BCUT2D eigenvalue weighted by atomic mass is 19.4. The Hall–Kier alpha value is -3.08. The summed E-state index contributed by atoms with van der Waals surface area (Å²) in [7, 11) is 0. The second-order valence-corrected chi connectivity index (χ2v) is 5.93. The molecule has 1 saturated heterocycles. The number of nitrogens with zero attached hydrogens (tertiary/aromatic N) is 2. The Labute approximate surface area is 151 Å². The van der Waals surface area contributed by atoms with Crippen molar-refractivity contribution in [2.24, 2.45) is 5.73 Å². The van der Waals surface area contributed by atoms with Crippen molar-refractivity contribution >= 4 is 34.2 Å². The number of rotatable bonds is 2. The third-order valence-corrected chi connectivity index (χ3v) is 4.00. The zero-order valence-electron chi connectivity index (χ0n) is 14.0. The van der Waals surface area contributed by atoms with Crippen LogP contribution in [-0.4, -0.2) is 45.6 Å². The van der Waals surface area contributed by atoms with E-state index in [0.717, 1.165) is 16.3 Å². The smallest absolute Gasteiger partial charge is 0.475 e. The average molecular weight is 385 g/mol. The molecule has 3 rings (SSSR count). The maximum atomic E-state index is 11.9. The van der Waals surface area contributed by atoms with E-state index >= 15 is 0 Å². The Balaban J connectivity index is 0.000000321. The van der Waals surface area contributed by atoms with Gasteiger partial charge in [-0.3, -0.25) is 4.79 Å². The number of carbonyl (C=O) groups excluding carboxylic acids is 1. The zero-order valence-corrected chi connectivity index (χ0v) is 14.0. The molecule has 0 spiro atoms. The predicted octanol–water partition coefficient (Wildman–Crippen LogP) is 1.09. The van der Waals surface area contributed by atoms with Gasteiger partial charge in [0, 0.05) is 30.4 Å². The van der Waals surface area contributed by atoms with Crippen molar-refractivity contribution in [1.29, 1.82) is 0 Å². The zero-order chi connectivity index (χ0) is 20.4. The number of benzene rings is 1. The van der Waals surface area contributed by atoms with Crippen LogP contribution in [-0.2, 0) is 16.1 Å². The number of halogens is 3. The first-order valence-electron chi connectivity index (χ1n) is 7.77. The van der Waals surface area contributed by atoms with Gasteiger partial charge in [-0.25, -0.2) is 9.78 Å². The van der Waals surface area contributed by atoms with Gasteiger partial charge < -0.3 is 27.2 Å². The Kier molecular flexibility index (Phi) is 5.74. The van der Waals surface area contributed by atoms with E-state index in [4.69, 9.17) is 27.1 Å². The first kappa shape index (κ1) is 20.2. The quantitative estimate of drug-likeness (QED) is 0.565. The number of alkyl halides is 3. The van der Waals surface area contributed by atoms with Crippen molar-refractivity contribution < 1.29 is 27.9 Å². The molecule has 11 heteroatoms. The van der Waals surface area contributed by atoms with Crippen LogP contribution in [0.5, 0.6) is 0 Å². The minimum Gasteiger partial charge on any atom is -0.475 e. The number of fused-ring (bicyclic) bond motifs is 1. The normalized spacial score (nSPS) is 17.0. The molecule has 1 aliphatic rings. The lowest BCUT2D eigenvalue weighted by molar-refractivity contribution is -0.192. The van der Waals surface area contributed by atoms with Gasteiger partial charge in [0.2, 0.25) is 5.91 Å². The maximum Gasteiger partial charge on any atom is 0.490 e. The van der Waals surface area contributed by atoms with Crippen LogP contribution < -0.4 is 17.2 Å². The molecule has 1 atom stereocenters. The highest BCUT2D eigenvalue weighted by molar-refractivity contribution is 5.94. The molecule has 0 aliphatic carbocycles. The molecule has 8 nitrogen and oxygen atoms in total. The largest absolute Gasteiger partial charge is 0.490 e. The van der Waals surface area contributed by atoms with E-state index in [0.29, 0.717) is 31.0 Å². The summed E-state index contributed by atoms with van der Waals surface area (Å²) in [5.74, 6) is -2.32. The van der Waals surface area contributed by atoms with E-state index < -0.39 is 12.1 Å². The monoisotopic (exact) mass is 385 g/mol. The molecule has 2 aromatic rings. The number of nitrogen functional groups attached to an aromatic ring is 2. The number of aromatic nitrogens is 1. The van der Waals surface area contributed by atoms with Gasteiger partial charge in [0.25, 0.3) is 0 Å². The summed E-state index contributed by atoms with van der Waals surface area (Å²) >= 11 is 0. The minimum atomic E-state index is -5.08. The van der Waals surface area contributed by atoms with E-state index in [2.05, 4.69) is 4.98 Å². The van der Waals surface area contributed by atoms with Gasteiger partial charge in [-0.2, -0.15) is 13.2 Å². The summed E-state index contributed by atoms with van der Waals surface area (Å²) in [4.78, 5) is 26.6. The summed E-state index contributed by atoms with van der Waals surface area (Å²) in [5.41, 5.74) is 19.2. The van der Waals surface area contributed by atoms with Gasteiger partial charge in [0.05, 0.1) is 6.04 Å². The molecule has 1 fully saturated rings. The number of amides is 1. The van der Waals surface area contributed by atoms with Crippen molar-refractivity contribution in [3.05, 3.63) is 30.0 Å². The number of hydrogen-bond donors (Lipinski definition) is 4. The van der Waals surface area contributed by atoms with Crippen LogP contribution in [0.3, 0.4) is 0 Å². The van der Waals surface area contributed by atoms with Gasteiger partial charge in [0.15, 0.2) is 0 Å². The third-order valence-electron chi connectivity index (χ3n) is 4.00. The average Bonchev–Trinajstić information content (AvgIpc) is 2.88. The lowest BCUT2D eigenvalue weighted by atomic mass is 10.1. The van der Waals surface area contributed by atoms with Gasteiger partial charge >= 0.3 is 12.1 Å². The van der Waals surface area contributed by atoms with Gasteiger partial charge in [-0.05, 0) is 35.6 Å². The first-order chi connectivity index (χ1) is 12.5. The Morgan fingerprint density at radius 1 is 1.33 bits per heavy atom. The number of pyridine rings is 1. The summed E-state index contributed by atoms with van der Waals surface area (Å²) < 4.78 is 31.7. The first-order valence-corrected chi connectivity index (χ1v) is 7.77. The molecule has 1 aliphatic heterocycles. The molecule has 7 N–H and O–H groups in total. The standard InChI is InChI=1S/C14H17N5O.C2HF3O2/c15-11-2-4-19(14(11)20)7-9-5-10-8(6-12(9)16)1-3-18-13(10)17;3-2(4,5)1(6)7/h1,3,5-6,11H,2,4,7,15-16H2,(H2,17,18);(H,6,7)/t11-;/m0./s1. The van der Waals surface area contributed by atoms with Crippen LogP contribution in [0.4, 0.5) is 24.7 Å². The van der Waals surface area contributed by atoms with Crippen LogP contribution in [0.1, 0.15) is 12.0 Å². The second kappa shape index (κ2) is 7.66. The van der Waals surface area contributed by atoms with Gasteiger partial charge in [-0.1, -0.05) is 0 Å². The molecule has 2 heterocycles. The number of anilines is 2. The Morgan fingerprint density at radius 2 is 1.96 bits per heavy atom. The number of carboxylic acids is 1. The molecule has 0 radical (unpaired) electrons. The van der Waals surface area contributed by atoms with Crippen molar-refractivity contribution in [2.75, 3.05) is 18.0 Å². The van der Waals surface area contributed by atoms with Crippen molar-refractivity contribution in [2.45, 2.75) is 25.2 Å². The van der Waals surface area contributed by atoms with Crippen molar-refractivity contribution in [1.82, 2.24) is 9.88 Å². The summed E-state index contributed by atoms with van der Waals surface area (Å²) in [6.07, 6.45) is -2.74. The lowest BCUT2D eigenvalue weighted by Crippen LogP contribution is -2.33. The minimum absolute atomic E-state index is 0.0244. The van der Waals surface area contributed by atoms with E-state index in [1.807, 2.05) is 18.2 Å². The van der Waals surface area contributed by atoms with Crippen molar-refractivity contribution in [3.8, 4) is 0 Å². The lowest BCUT2D eigenvalue weighted by Gasteiger charge is -2.18. The number of likely N-dealkylation sites (tertiary alicyclic amines) is 1. The number of nitrogens with two attached hydrogens (primary N) is 3. The van der Waals surface area contributed by atoms with Crippen LogP contribution in [0.15, 0.2) is 24.4 Å². The van der Waals surface area contributed by atoms with Crippen LogP contribution in [0.2, 0.25) is 0 Å². The number of hydrogen-bond acceptors (Lipinski definition) is 6. The highest BCUT2D eigenvalue weighted by Crippen LogP contribution is 2.27. The van der Waals surface area contributed by atoms with Crippen LogP contribution in [0, 0.1) is 0 Å². The van der Waals surface area contributed by atoms with E-state index in [9.17, 15) is 18.0 Å². The summed E-state index contributed by atoms with van der Waals surface area (Å²) in [6, 6.07) is 5.25. The Morgan fingerprint density at radius 3 is 2.48 bits per heavy atom. The molecule has 0 saturated carbocycles. The topological polar surface area (TPSA) is 149 Å². The molecule has 27 heavy (non-hydrogen) atoms. The van der Waals surface area contributed by atoms with Crippen molar-refractivity contribution in [3.63, 3.8) is 0 Å². The number of aliphatic carboxylic acids is 1. The second-order valence-electron chi connectivity index (χ2n) is 5.93. The summed E-state index contributed by atoms with van der Waals surface area (Å²) in [6.45, 7) is 1.13. The molecule has 0 unspecified atom stereocenters. The fraction of sp³-hybridized carbons (Fsp3) is 0.312. The molecule has 146 valence electrons. The summed E-state index contributed by atoms with van der Waals surface area (Å²) in [5, 5.41) is 8.93. The molecule has 1 amide bonds. The predicted molar refractivity (Wildman–Crippen MR) is 92.3 cm³/mol. The van der Waals surface area contributed by atoms with E-state index in [-0.39, 0.29) is 11.9 Å². The van der Waals surface area contributed by atoms with E-state index in [1.54, 1.807) is 11.1 Å².